The van der Waals surface area contributed by atoms with E-state index < -0.39 is 0 Å². The maximum absolute atomic E-state index is 10.3. The third kappa shape index (κ3) is 3.52. The van der Waals surface area contributed by atoms with Crippen molar-refractivity contribution in [3.8, 4) is 11.5 Å². The lowest BCUT2D eigenvalue weighted by Crippen LogP contribution is -1.99. The number of methoxy groups -OCH3 is 1. The number of hydrogen-bond donors (Lipinski definition) is 1. The zero-order valence-electron chi connectivity index (χ0n) is 11.2. The quantitative estimate of drug-likeness (QED) is 0.818. The van der Waals surface area contributed by atoms with Gasteiger partial charge in [0.1, 0.15) is 6.61 Å². The summed E-state index contributed by atoms with van der Waals surface area (Å²) in [5.74, 6) is 1.25. The van der Waals surface area contributed by atoms with E-state index in [1.54, 1.807) is 18.7 Å². The van der Waals surface area contributed by atoms with E-state index in [0.717, 1.165) is 11.1 Å². The summed E-state index contributed by atoms with van der Waals surface area (Å²) < 4.78 is 11.1. The normalized spacial score (nSPS) is 10.5. The summed E-state index contributed by atoms with van der Waals surface area (Å²) in [5.41, 5.74) is 3.58. The first kappa shape index (κ1) is 14.0. The molecule has 0 spiro atoms. The standard InChI is InChI=1S/C16H16NO3/c1-19-16-14(10-11-17-18)8-5-9-15(16)20-12-13-6-3-2-4-7-13/h2-11,17H,12H2,1H3/q-1/b11-10+. The molecule has 0 heterocycles. The van der Waals surface area contributed by atoms with Gasteiger partial charge in [-0.25, -0.2) is 0 Å². The van der Waals surface area contributed by atoms with Crippen LogP contribution in [0.5, 0.6) is 11.5 Å². The average Bonchev–Trinajstić information content (AvgIpc) is 2.51. The van der Waals surface area contributed by atoms with Crippen LogP contribution in [0.15, 0.2) is 54.7 Å². The van der Waals surface area contributed by atoms with Gasteiger partial charge in [0.25, 0.3) is 0 Å². The minimum atomic E-state index is 0.462. The molecule has 104 valence electrons. The predicted octanol–water partition coefficient (Wildman–Crippen LogP) is 3.33. The van der Waals surface area contributed by atoms with Crippen LogP contribution in [0.3, 0.4) is 0 Å². The zero-order chi connectivity index (χ0) is 14.2. The average molecular weight is 270 g/mol. The highest BCUT2D eigenvalue weighted by Crippen LogP contribution is 2.32. The molecule has 0 atom stereocenters. The summed E-state index contributed by atoms with van der Waals surface area (Å²) in [5, 5.41) is 10.3. The van der Waals surface area contributed by atoms with Crippen molar-refractivity contribution in [1.82, 2.24) is 5.48 Å². The number of para-hydroxylation sites is 1. The molecule has 2 rings (SSSR count). The van der Waals surface area contributed by atoms with Gasteiger partial charge in [-0.2, -0.15) is 0 Å². The van der Waals surface area contributed by atoms with E-state index in [4.69, 9.17) is 9.47 Å². The van der Waals surface area contributed by atoms with Crippen LogP contribution in [-0.4, -0.2) is 7.11 Å². The first-order chi connectivity index (χ1) is 9.85. The third-order valence-corrected chi connectivity index (χ3v) is 2.78. The maximum atomic E-state index is 10.3. The molecular weight excluding hydrogens is 254 g/mol. The summed E-state index contributed by atoms with van der Waals surface area (Å²) >= 11 is 0. The summed E-state index contributed by atoms with van der Waals surface area (Å²) in [6.45, 7) is 0.462. The van der Waals surface area contributed by atoms with E-state index in [1.807, 2.05) is 48.5 Å². The topological polar surface area (TPSA) is 53.5 Å². The van der Waals surface area contributed by atoms with Gasteiger partial charge in [0, 0.05) is 5.56 Å². The number of hydrogen-bond acceptors (Lipinski definition) is 4. The molecule has 4 nitrogen and oxygen atoms in total. The van der Waals surface area contributed by atoms with Gasteiger partial charge in [-0.15, -0.1) is 0 Å². The molecule has 0 bridgehead atoms. The molecule has 0 aliphatic heterocycles. The van der Waals surface area contributed by atoms with Gasteiger partial charge in [0.2, 0.25) is 0 Å². The fourth-order valence-electron chi connectivity index (χ4n) is 1.86. The largest absolute Gasteiger partial charge is 0.761 e. The van der Waals surface area contributed by atoms with Crippen LogP contribution >= 0.6 is 0 Å². The fraction of sp³-hybridized carbons (Fsp3) is 0.125. The number of nitrogens with one attached hydrogen (secondary N) is 1. The number of benzene rings is 2. The van der Waals surface area contributed by atoms with E-state index in [2.05, 4.69) is 0 Å². The van der Waals surface area contributed by atoms with Crippen molar-refractivity contribution in [3.63, 3.8) is 0 Å². The van der Waals surface area contributed by atoms with E-state index in [1.165, 1.54) is 6.20 Å². The number of rotatable bonds is 6. The number of hydroxylamine groups is 1. The van der Waals surface area contributed by atoms with Crippen LogP contribution in [0, 0.1) is 5.21 Å². The van der Waals surface area contributed by atoms with Crippen LogP contribution in [-0.2, 0) is 6.61 Å². The third-order valence-electron chi connectivity index (χ3n) is 2.78. The second-order valence-electron chi connectivity index (χ2n) is 4.10. The van der Waals surface area contributed by atoms with Crippen molar-refractivity contribution in [2.75, 3.05) is 7.11 Å². The highest BCUT2D eigenvalue weighted by atomic mass is 16.5. The van der Waals surface area contributed by atoms with Gasteiger partial charge < -0.3 is 20.2 Å². The lowest BCUT2D eigenvalue weighted by Gasteiger charge is -2.13. The number of ether oxygens (including phenoxy) is 2. The fourth-order valence-corrected chi connectivity index (χ4v) is 1.86. The lowest BCUT2D eigenvalue weighted by atomic mass is 10.2. The second kappa shape index (κ2) is 7.21. The van der Waals surface area contributed by atoms with Gasteiger partial charge in [-0.3, -0.25) is 0 Å². The summed E-state index contributed by atoms with van der Waals surface area (Å²) in [4.78, 5) is 0. The Labute approximate surface area is 118 Å². The Hall–Kier alpha value is -2.46. The van der Waals surface area contributed by atoms with Crippen molar-refractivity contribution < 1.29 is 9.47 Å². The van der Waals surface area contributed by atoms with Crippen molar-refractivity contribution in [3.05, 3.63) is 71.1 Å². The highest BCUT2D eigenvalue weighted by Gasteiger charge is 2.08. The molecular formula is C16H16NO3-. The van der Waals surface area contributed by atoms with Gasteiger partial charge in [0.05, 0.1) is 7.11 Å². The Morgan fingerprint density at radius 2 is 1.90 bits per heavy atom. The summed E-state index contributed by atoms with van der Waals surface area (Å²) in [6.07, 6.45) is 2.94. The smallest absolute Gasteiger partial charge is 0.168 e. The summed E-state index contributed by atoms with van der Waals surface area (Å²) in [6, 6.07) is 15.4. The maximum Gasteiger partial charge on any atom is 0.168 e. The second-order valence-corrected chi connectivity index (χ2v) is 4.10. The summed E-state index contributed by atoms with van der Waals surface area (Å²) in [7, 11) is 1.58. The molecule has 0 aromatic heterocycles. The lowest BCUT2D eigenvalue weighted by molar-refractivity contribution is 0.284. The molecule has 2 aromatic carbocycles. The molecule has 0 amide bonds. The van der Waals surface area contributed by atoms with E-state index in [9.17, 15) is 5.21 Å². The Balaban J connectivity index is 2.17. The van der Waals surface area contributed by atoms with Crippen molar-refractivity contribution in [1.29, 1.82) is 0 Å². The van der Waals surface area contributed by atoms with Crippen molar-refractivity contribution >= 4 is 6.08 Å². The van der Waals surface area contributed by atoms with Crippen LogP contribution in [0.25, 0.3) is 6.08 Å². The predicted molar refractivity (Wildman–Crippen MR) is 79.3 cm³/mol. The Morgan fingerprint density at radius 3 is 2.60 bits per heavy atom. The zero-order valence-corrected chi connectivity index (χ0v) is 11.2. The molecule has 4 heteroatoms. The van der Waals surface area contributed by atoms with Crippen molar-refractivity contribution in [2.24, 2.45) is 0 Å². The molecule has 2 aromatic rings. The van der Waals surface area contributed by atoms with Crippen molar-refractivity contribution in [2.45, 2.75) is 6.61 Å². The monoisotopic (exact) mass is 270 g/mol. The SMILES string of the molecule is COc1c(/C=C/N[O-])cccc1OCc1ccccc1. The Kier molecular flexibility index (Phi) is 5.03. The molecule has 20 heavy (non-hydrogen) atoms. The van der Waals surface area contributed by atoms with Gasteiger partial charge in [-0.1, -0.05) is 42.5 Å². The van der Waals surface area contributed by atoms with Gasteiger partial charge >= 0.3 is 0 Å². The molecule has 1 N–H and O–H groups in total. The Morgan fingerprint density at radius 1 is 1.10 bits per heavy atom. The van der Waals surface area contributed by atoms with Gasteiger partial charge in [0.15, 0.2) is 11.5 Å². The molecule has 0 fully saturated rings. The minimum absolute atomic E-state index is 0.462. The van der Waals surface area contributed by atoms with E-state index in [0.29, 0.717) is 18.1 Å². The first-order valence-electron chi connectivity index (χ1n) is 6.23. The molecule has 0 saturated carbocycles. The van der Waals surface area contributed by atoms with Crippen LogP contribution in [0.2, 0.25) is 0 Å². The molecule has 0 unspecified atom stereocenters. The molecule has 0 radical (unpaired) electrons. The van der Waals surface area contributed by atoms with E-state index in [-0.39, 0.29) is 0 Å². The molecule has 0 aliphatic carbocycles. The highest BCUT2D eigenvalue weighted by molar-refractivity contribution is 5.62. The van der Waals surface area contributed by atoms with Crippen LogP contribution in [0.4, 0.5) is 0 Å². The van der Waals surface area contributed by atoms with Crippen LogP contribution in [0.1, 0.15) is 11.1 Å². The molecule has 0 saturated heterocycles. The Bertz CT molecular complexity index is 567. The van der Waals surface area contributed by atoms with E-state index >= 15 is 0 Å². The van der Waals surface area contributed by atoms with Crippen LogP contribution < -0.4 is 15.0 Å². The van der Waals surface area contributed by atoms with Gasteiger partial charge in [-0.05, 0) is 23.9 Å². The molecule has 0 aliphatic rings. The minimum Gasteiger partial charge on any atom is -0.761 e. The first-order valence-corrected chi connectivity index (χ1v) is 6.23.